The van der Waals surface area contributed by atoms with Gasteiger partial charge >= 0.3 is 0 Å². The molecule has 1 aliphatic rings. The first-order valence-corrected chi connectivity index (χ1v) is 9.34. The quantitative estimate of drug-likeness (QED) is 0.821. The Kier molecular flexibility index (Phi) is 3.96. The summed E-state index contributed by atoms with van der Waals surface area (Å²) in [4.78, 5) is 0. The lowest BCUT2D eigenvalue weighted by molar-refractivity contribution is 0.597. The van der Waals surface area contributed by atoms with Gasteiger partial charge in [0.25, 0.3) is 0 Å². The molecule has 1 aromatic heterocycles. The molecule has 0 bridgehead atoms. The summed E-state index contributed by atoms with van der Waals surface area (Å²) >= 11 is 13.2. The zero-order valence-corrected chi connectivity index (χ0v) is 13.8. The first-order chi connectivity index (χ1) is 9.97. The lowest BCUT2D eigenvalue weighted by Crippen LogP contribution is -2.20. The fourth-order valence-electron chi connectivity index (χ4n) is 2.04. The summed E-state index contributed by atoms with van der Waals surface area (Å²) in [6.07, 6.45) is 0.372. The molecule has 0 fully saturated rings. The summed E-state index contributed by atoms with van der Waals surface area (Å²) in [6, 6.07) is 6.80. The zero-order valence-electron chi connectivity index (χ0n) is 10.6. The Morgan fingerprint density at radius 2 is 2.05 bits per heavy atom. The van der Waals surface area contributed by atoms with Crippen molar-refractivity contribution in [3.8, 4) is 0 Å². The molecule has 0 atom stereocenters. The van der Waals surface area contributed by atoms with Gasteiger partial charge in [-0.3, -0.25) is 5.43 Å². The van der Waals surface area contributed by atoms with E-state index in [1.165, 1.54) is 11.3 Å². The summed E-state index contributed by atoms with van der Waals surface area (Å²) < 4.78 is 24.3. The molecule has 1 aromatic carbocycles. The molecular formula is C13H10Cl2N2O2S2. The van der Waals surface area contributed by atoms with E-state index in [9.17, 15) is 8.42 Å². The molecule has 2 heterocycles. The molecule has 0 spiro atoms. The lowest BCUT2D eigenvalue weighted by Gasteiger charge is -2.14. The Hall–Kier alpha value is -1.08. The molecule has 8 heteroatoms. The Labute approximate surface area is 136 Å². The summed E-state index contributed by atoms with van der Waals surface area (Å²) in [7, 11) is -3.17. The van der Waals surface area contributed by atoms with Gasteiger partial charge in [0, 0.05) is 17.0 Å². The van der Waals surface area contributed by atoms with Gasteiger partial charge in [0.05, 0.1) is 22.2 Å². The van der Waals surface area contributed by atoms with Crippen LogP contribution in [0.1, 0.15) is 12.0 Å². The second-order valence-electron chi connectivity index (χ2n) is 4.49. The molecule has 0 aliphatic carbocycles. The zero-order chi connectivity index (χ0) is 15.0. The van der Waals surface area contributed by atoms with Crippen LogP contribution in [0.2, 0.25) is 10.0 Å². The van der Waals surface area contributed by atoms with E-state index in [2.05, 4.69) is 10.5 Å². The van der Waals surface area contributed by atoms with E-state index in [0.29, 0.717) is 37.6 Å². The smallest absolute Gasteiger partial charge is 0.188 e. The van der Waals surface area contributed by atoms with Gasteiger partial charge in [0.2, 0.25) is 0 Å². The van der Waals surface area contributed by atoms with Crippen LogP contribution in [0.25, 0.3) is 0 Å². The van der Waals surface area contributed by atoms with E-state index in [1.54, 1.807) is 29.6 Å². The average molecular weight is 361 g/mol. The van der Waals surface area contributed by atoms with E-state index in [4.69, 9.17) is 23.2 Å². The van der Waals surface area contributed by atoms with Crippen LogP contribution >= 0.6 is 34.5 Å². The summed E-state index contributed by atoms with van der Waals surface area (Å²) in [5.74, 6) is 0.0737. The number of thiophene rings is 1. The second kappa shape index (κ2) is 5.61. The number of nitrogens with one attached hydrogen (secondary N) is 1. The highest BCUT2D eigenvalue weighted by Gasteiger charge is 2.29. The predicted octanol–water partition coefficient (Wildman–Crippen LogP) is 4.05. The van der Waals surface area contributed by atoms with E-state index in [-0.39, 0.29) is 5.75 Å². The number of fused-ring (bicyclic) bond motifs is 1. The van der Waals surface area contributed by atoms with E-state index >= 15 is 0 Å². The minimum atomic E-state index is -3.17. The SMILES string of the molecule is O=S1(=O)CC/C(=N/Nc2cc(Cl)ccc2Cl)c2ccsc21. The monoisotopic (exact) mass is 360 g/mol. The number of hydrogen-bond donors (Lipinski definition) is 1. The molecule has 4 nitrogen and oxygen atoms in total. The molecule has 3 rings (SSSR count). The molecule has 0 radical (unpaired) electrons. The van der Waals surface area contributed by atoms with Crippen molar-refractivity contribution in [2.45, 2.75) is 10.6 Å². The van der Waals surface area contributed by atoms with Crippen LogP contribution in [0.3, 0.4) is 0 Å². The first-order valence-electron chi connectivity index (χ1n) is 6.05. The number of hydrogen-bond acceptors (Lipinski definition) is 5. The van der Waals surface area contributed by atoms with Crippen molar-refractivity contribution < 1.29 is 8.42 Å². The Morgan fingerprint density at radius 1 is 1.24 bits per heavy atom. The van der Waals surface area contributed by atoms with Crippen LogP contribution in [0.15, 0.2) is 39.0 Å². The molecule has 21 heavy (non-hydrogen) atoms. The maximum absolute atomic E-state index is 11.9. The standard InChI is InChI=1S/C13H10Cl2N2O2S2/c14-8-1-2-10(15)12(7-8)17-16-11-4-6-21(18,19)13-9(11)3-5-20-13/h1-3,5,7,17H,4,6H2/b16-11-. The molecule has 110 valence electrons. The number of halogens is 2. The van der Waals surface area contributed by atoms with Crippen molar-refractivity contribution in [1.29, 1.82) is 0 Å². The van der Waals surface area contributed by atoms with Crippen LogP contribution in [0.4, 0.5) is 5.69 Å². The van der Waals surface area contributed by atoms with Crippen molar-refractivity contribution in [1.82, 2.24) is 0 Å². The fourth-order valence-corrected chi connectivity index (χ4v) is 5.18. The first kappa shape index (κ1) is 14.8. The molecule has 1 N–H and O–H groups in total. The lowest BCUT2D eigenvalue weighted by atomic mass is 10.1. The van der Waals surface area contributed by atoms with Crippen molar-refractivity contribution in [3.05, 3.63) is 45.3 Å². The van der Waals surface area contributed by atoms with E-state index < -0.39 is 9.84 Å². The minimum Gasteiger partial charge on any atom is -0.277 e. The average Bonchev–Trinajstić information content (AvgIpc) is 2.92. The fraction of sp³-hybridized carbons (Fsp3) is 0.154. The van der Waals surface area contributed by atoms with Gasteiger partial charge < -0.3 is 0 Å². The van der Waals surface area contributed by atoms with Crippen molar-refractivity contribution in [3.63, 3.8) is 0 Å². The molecule has 2 aromatic rings. The normalized spacial score (nSPS) is 18.5. The topological polar surface area (TPSA) is 58.5 Å². The molecule has 0 saturated carbocycles. The van der Waals surface area contributed by atoms with Crippen molar-refractivity contribution in [2.24, 2.45) is 5.10 Å². The van der Waals surface area contributed by atoms with Gasteiger partial charge in [-0.1, -0.05) is 23.2 Å². The van der Waals surface area contributed by atoms with Crippen molar-refractivity contribution >= 4 is 55.8 Å². The highest BCUT2D eigenvalue weighted by Crippen LogP contribution is 2.31. The second-order valence-corrected chi connectivity index (χ2v) is 8.55. The third kappa shape index (κ3) is 2.94. The highest BCUT2D eigenvalue weighted by molar-refractivity contribution is 7.93. The molecule has 1 aliphatic heterocycles. The number of rotatable bonds is 2. The van der Waals surface area contributed by atoms with Gasteiger partial charge in [-0.15, -0.1) is 11.3 Å². The van der Waals surface area contributed by atoms with Crippen LogP contribution in [0, 0.1) is 0 Å². The Bertz CT molecular complexity index is 828. The highest BCUT2D eigenvalue weighted by atomic mass is 35.5. The summed E-state index contributed by atoms with van der Waals surface area (Å²) in [5.41, 5.74) is 4.82. The van der Waals surface area contributed by atoms with Crippen LogP contribution in [-0.4, -0.2) is 19.9 Å². The van der Waals surface area contributed by atoms with Crippen molar-refractivity contribution in [2.75, 3.05) is 11.2 Å². The molecule has 0 saturated heterocycles. The number of sulfone groups is 1. The van der Waals surface area contributed by atoms with Gasteiger partial charge in [-0.05, 0) is 29.6 Å². The van der Waals surface area contributed by atoms with Crippen LogP contribution in [-0.2, 0) is 9.84 Å². The maximum Gasteiger partial charge on any atom is 0.188 e. The maximum atomic E-state index is 11.9. The van der Waals surface area contributed by atoms with Gasteiger partial charge in [0.1, 0.15) is 4.21 Å². The van der Waals surface area contributed by atoms with Gasteiger partial charge in [-0.2, -0.15) is 5.10 Å². The molecule has 0 unspecified atom stereocenters. The number of hydrazone groups is 1. The minimum absolute atomic E-state index is 0.0737. The van der Waals surface area contributed by atoms with Crippen LogP contribution in [0.5, 0.6) is 0 Å². The summed E-state index contributed by atoms with van der Waals surface area (Å²) in [6.45, 7) is 0. The van der Waals surface area contributed by atoms with E-state index in [0.717, 1.165) is 0 Å². The Morgan fingerprint density at radius 3 is 2.86 bits per heavy atom. The Balaban J connectivity index is 1.94. The van der Waals surface area contributed by atoms with E-state index in [1.807, 2.05) is 0 Å². The van der Waals surface area contributed by atoms with Gasteiger partial charge in [0.15, 0.2) is 9.84 Å². The van der Waals surface area contributed by atoms with Crippen LogP contribution < -0.4 is 5.43 Å². The number of nitrogens with zero attached hydrogens (tertiary/aromatic N) is 1. The van der Waals surface area contributed by atoms with Gasteiger partial charge in [-0.25, -0.2) is 8.42 Å². The summed E-state index contributed by atoms with van der Waals surface area (Å²) in [5, 5.41) is 7.10. The third-order valence-electron chi connectivity index (χ3n) is 3.07. The third-order valence-corrected chi connectivity index (χ3v) is 6.92. The largest absolute Gasteiger partial charge is 0.277 e. The molecule has 0 amide bonds. The number of anilines is 1. The predicted molar refractivity (Wildman–Crippen MR) is 87.6 cm³/mol. The molecular weight excluding hydrogens is 351 g/mol. The number of benzene rings is 1.